The molecule has 0 atom stereocenters. The fourth-order valence-electron chi connectivity index (χ4n) is 1.78. The molecule has 1 amide bonds. The number of primary sulfonamides is 1. The van der Waals surface area contributed by atoms with Crippen molar-refractivity contribution in [1.82, 2.24) is 10.3 Å². The lowest BCUT2D eigenvalue weighted by Gasteiger charge is -2.08. The number of carbonyl (C=O) groups excluding carboxylic acids is 1. The van der Waals surface area contributed by atoms with E-state index in [9.17, 15) is 26.4 Å². The molecule has 24 heavy (non-hydrogen) atoms. The quantitative estimate of drug-likeness (QED) is 0.867. The standard InChI is InChI=1S/C14H12F3N3O3S/c15-14(16,17)12-6-3-10(8-19-12)13(21)20-7-9-1-4-11(5-2-9)24(18,22)23/h1-6,8H,7H2,(H,20,21)(H2,18,22,23). The van der Waals surface area contributed by atoms with Crippen LogP contribution in [0.3, 0.4) is 0 Å². The number of nitrogens with one attached hydrogen (secondary N) is 1. The summed E-state index contributed by atoms with van der Waals surface area (Å²) in [5.41, 5.74) is -0.516. The molecule has 1 aromatic heterocycles. The normalized spacial score (nSPS) is 12.0. The van der Waals surface area contributed by atoms with Crippen molar-refractivity contribution in [3.05, 3.63) is 59.4 Å². The maximum Gasteiger partial charge on any atom is 0.433 e. The molecule has 128 valence electrons. The van der Waals surface area contributed by atoms with Gasteiger partial charge < -0.3 is 5.32 Å². The number of halogens is 3. The minimum Gasteiger partial charge on any atom is -0.348 e. The van der Waals surface area contributed by atoms with E-state index in [-0.39, 0.29) is 17.0 Å². The highest BCUT2D eigenvalue weighted by Gasteiger charge is 2.32. The lowest BCUT2D eigenvalue weighted by Crippen LogP contribution is -2.23. The number of pyridine rings is 1. The number of amides is 1. The number of sulfonamides is 1. The van der Waals surface area contributed by atoms with Crippen molar-refractivity contribution in [3.8, 4) is 0 Å². The van der Waals surface area contributed by atoms with Crippen LogP contribution < -0.4 is 10.5 Å². The molecular formula is C14H12F3N3O3S. The van der Waals surface area contributed by atoms with Crippen LogP contribution in [0, 0.1) is 0 Å². The van der Waals surface area contributed by atoms with Gasteiger partial charge in [0.1, 0.15) is 5.69 Å². The lowest BCUT2D eigenvalue weighted by atomic mass is 10.2. The first kappa shape index (κ1) is 17.9. The topological polar surface area (TPSA) is 102 Å². The molecule has 0 radical (unpaired) electrons. The Bertz CT molecular complexity index is 832. The summed E-state index contributed by atoms with van der Waals surface area (Å²) in [4.78, 5) is 15.0. The molecule has 0 fully saturated rings. The Labute approximate surface area is 135 Å². The highest BCUT2D eigenvalue weighted by Crippen LogP contribution is 2.27. The highest BCUT2D eigenvalue weighted by molar-refractivity contribution is 7.89. The van der Waals surface area contributed by atoms with Gasteiger partial charge in [-0.3, -0.25) is 9.78 Å². The van der Waals surface area contributed by atoms with Crippen LogP contribution in [0.2, 0.25) is 0 Å². The van der Waals surface area contributed by atoms with E-state index in [0.29, 0.717) is 5.56 Å². The van der Waals surface area contributed by atoms with Crippen molar-refractivity contribution in [2.45, 2.75) is 17.6 Å². The summed E-state index contributed by atoms with van der Waals surface area (Å²) in [7, 11) is -3.80. The summed E-state index contributed by atoms with van der Waals surface area (Å²) in [5.74, 6) is -0.605. The molecule has 0 aliphatic rings. The van der Waals surface area contributed by atoms with Crippen molar-refractivity contribution in [2.24, 2.45) is 5.14 Å². The van der Waals surface area contributed by atoms with E-state index in [1.807, 2.05) is 0 Å². The van der Waals surface area contributed by atoms with Crippen molar-refractivity contribution in [2.75, 3.05) is 0 Å². The van der Waals surface area contributed by atoms with Gasteiger partial charge in [0.2, 0.25) is 10.0 Å². The summed E-state index contributed by atoms with van der Waals surface area (Å²) in [6.07, 6.45) is -3.73. The van der Waals surface area contributed by atoms with E-state index in [4.69, 9.17) is 5.14 Å². The Morgan fingerprint density at radius 3 is 2.21 bits per heavy atom. The molecule has 2 aromatic rings. The second-order valence-corrected chi connectivity index (χ2v) is 6.36. The van der Waals surface area contributed by atoms with Gasteiger partial charge >= 0.3 is 6.18 Å². The smallest absolute Gasteiger partial charge is 0.348 e. The van der Waals surface area contributed by atoms with Gasteiger partial charge in [-0.1, -0.05) is 12.1 Å². The average molecular weight is 359 g/mol. The Morgan fingerprint density at radius 2 is 1.75 bits per heavy atom. The molecule has 6 nitrogen and oxygen atoms in total. The predicted molar refractivity (Wildman–Crippen MR) is 78.2 cm³/mol. The molecule has 0 aliphatic heterocycles. The van der Waals surface area contributed by atoms with E-state index >= 15 is 0 Å². The summed E-state index contributed by atoms with van der Waals surface area (Å²) in [6.45, 7) is 0.0603. The van der Waals surface area contributed by atoms with Gasteiger partial charge in [0.15, 0.2) is 0 Å². The monoisotopic (exact) mass is 359 g/mol. The van der Waals surface area contributed by atoms with Gasteiger partial charge in [0, 0.05) is 12.7 Å². The van der Waals surface area contributed by atoms with E-state index < -0.39 is 27.8 Å². The Hall–Kier alpha value is -2.46. The fourth-order valence-corrected chi connectivity index (χ4v) is 2.29. The zero-order valence-electron chi connectivity index (χ0n) is 12.0. The van der Waals surface area contributed by atoms with Gasteiger partial charge in [0.05, 0.1) is 10.5 Å². The minimum absolute atomic E-state index is 0.0239. The number of rotatable bonds is 4. The number of nitrogens with zero attached hydrogens (tertiary/aromatic N) is 1. The van der Waals surface area contributed by atoms with Gasteiger partial charge in [-0.25, -0.2) is 13.6 Å². The summed E-state index contributed by atoms with van der Waals surface area (Å²) < 4.78 is 59.4. The summed E-state index contributed by atoms with van der Waals surface area (Å²) in [6, 6.07) is 7.24. The van der Waals surface area contributed by atoms with Crippen LogP contribution in [0.1, 0.15) is 21.6 Å². The number of hydrogen-bond acceptors (Lipinski definition) is 4. The Balaban J connectivity index is 2.00. The third-order valence-corrected chi connectivity index (χ3v) is 3.95. The molecule has 0 saturated heterocycles. The number of nitrogens with two attached hydrogens (primary N) is 1. The van der Waals surface area contributed by atoms with Crippen molar-refractivity contribution in [1.29, 1.82) is 0 Å². The molecule has 10 heteroatoms. The second kappa shape index (κ2) is 6.57. The first-order valence-electron chi connectivity index (χ1n) is 6.50. The van der Waals surface area contributed by atoms with Crippen molar-refractivity contribution in [3.63, 3.8) is 0 Å². The van der Waals surface area contributed by atoms with Crippen LogP contribution in [0.5, 0.6) is 0 Å². The SMILES string of the molecule is NS(=O)(=O)c1ccc(CNC(=O)c2ccc(C(F)(F)F)nc2)cc1. The number of benzene rings is 1. The highest BCUT2D eigenvalue weighted by atomic mass is 32.2. The van der Waals surface area contributed by atoms with Gasteiger partial charge in [-0.2, -0.15) is 13.2 Å². The molecule has 0 bridgehead atoms. The third kappa shape index (κ3) is 4.52. The third-order valence-electron chi connectivity index (χ3n) is 3.02. The molecule has 0 saturated carbocycles. The first-order valence-corrected chi connectivity index (χ1v) is 8.05. The molecule has 0 spiro atoms. The summed E-state index contributed by atoms with van der Waals surface area (Å²) in [5, 5.41) is 7.45. The molecule has 0 unspecified atom stereocenters. The zero-order valence-corrected chi connectivity index (χ0v) is 12.9. The number of aromatic nitrogens is 1. The number of hydrogen-bond donors (Lipinski definition) is 2. The van der Waals surface area contributed by atoms with Crippen LogP contribution >= 0.6 is 0 Å². The number of carbonyl (C=O) groups is 1. The van der Waals surface area contributed by atoms with Crippen LogP contribution in [0.15, 0.2) is 47.5 Å². The molecular weight excluding hydrogens is 347 g/mol. The summed E-state index contributed by atoms with van der Waals surface area (Å²) >= 11 is 0. The van der Waals surface area contributed by atoms with Crippen molar-refractivity contribution < 1.29 is 26.4 Å². The molecule has 0 aliphatic carbocycles. The molecule has 3 N–H and O–H groups in total. The van der Waals surface area contributed by atoms with Gasteiger partial charge in [-0.15, -0.1) is 0 Å². The van der Waals surface area contributed by atoms with Crippen LogP contribution in [-0.4, -0.2) is 19.3 Å². The molecule has 2 rings (SSSR count). The molecule has 1 heterocycles. The van der Waals surface area contributed by atoms with E-state index in [1.54, 1.807) is 0 Å². The second-order valence-electron chi connectivity index (χ2n) is 4.80. The van der Waals surface area contributed by atoms with Gasteiger partial charge in [0.25, 0.3) is 5.91 Å². The van der Waals surface area contributed by atoms with E-state index in [2.05, 4.69) is 10.3 Å². The van der Waals surface area contributed by atoms with E-state index in [0.717, 1.165) is 18.3 Å². The largest absolute Gasteiger partial charge is 0.433 e. The van der Waals surface area contributed by atoms with Crippen molar-refractivity contribution >= 4 is 15.9 Å². The minimum atomic E-state index is -4.57. The Kier molecular flexibility index (Phi) is 4.90. The molecule has 1 aromatic carbocycles. The fraction of sp³-hybridized carbons (Fsp3) is 0.143. The van der Waals surface area contributed by atoms with Crippen LogP contribution in [-0.2, 0) is 22.7 Å². The lowest BCUT2D eigenvalue weighted by molar-refractivity contribution is -0.141. The predicted octanol–water partition coefficient (Wildman–Crippen LogP) is 1.68. The van der Waals surface area contributed by atoms with Gasteiger partial charge in [-0.05, 0) is 29.8 Å². The first-order chi connectivity index (χ1) is 11.1. The van der Waals surface area contributed by atoms with Crippen LogP contribution in [0.4, 0.5) is 13.2 Å². The Morgan fingerprint density at radius 1 is 1.12 bits per heavy atom. The van der Waals surface area contributed by atoms with Crippen LogP contribution in [0.25, 0.3) is 0 Å². The maximum absolute atomic E-state index is 12.4. The zero-order chi connectivity index (χ0) is 18.0. The average Bonchev–Trinajstić information content (AvgIpc) is 2.51. The van der Waals surface area contributed by atoms with E-state index in [1.165, 1.54) is 24.3 Å². The maximum atomic E-state index is 12.4. The number of alkyl halides is 3.